The number of amides is 2. The number of ether oxygens (including phenoxy) is 1. The van der Waals surface area contributed by atoms with E-state index < -0.39 is 34.3 Å². The van der Waals surface area contributed by atoms with E-state index in [1.807, 2.05) is 6.92 Å². The Morgan fingerprint density at radius 2 is 1.70 bits per heavy atom. The number of carbonyl (C=O) groups is 2. The number of sulfonamides is 1. The van der Waals surface area contributed by atoms with Gasteiger partial charge < -0.3 is 15.0 Å². The lowest BCUT2D eigenvalue weighted by atomic mass is 10.1. The molecule has 0 heterocycles. The number of nitrogens with one attached hydrogen (secondary N) is 1. The number of hydrogen-bond donors (Lipinski definition) is 1. The van der Waals surface area contributed by atoms with Gasteiger partial charge in [0.05, 0.1) is 22.7 Å². The Balaban J connectivity index is 2.05. The molecule has 0 radical (unpaired) electrons. The van der Waals surface area contributed by atoms with Gasteiger partial charge in [-0.25, -0.2) is 12.8 Å². The molecular formula is C29H33ClFN3O5S. The predicted molar refractivity (Wildman–Crippen MR) is 153 cm³/mol. The Kier molecular flexibility index (Phi) is 10.9. The van der Waals surface area contributed by atoms with Crippen LogP contribution >= 0.6 is 11.6 Å². The molecule has 3 aromatic rings. The summed E-state index contributed by atoms with van der Waals surface area (Å²) in [5.74, 6) is -1.06. The van der Waals surface area contributed by atoms with E-state index in [2.05, 4.69) is 5.32 Å². The highest BCUT2D eigenvalue weighted by molar-refractivity contribution is 7.92. The molecule has 0 aliphatic carbocycles. The number of nitrogens with zero attached hydrogens (tertiary/aromatic N) is 2. The zero-order chi connectivity index (χ0) is 29.3. The molecule has 0 fully saturated rings. The van der Waals surface area contributed by atoms with Gasteiger partial charge in [-0.05, 0) is 60.9 Å². The van der Waals surface area contributed by atoms with Gasteiger partial charge >= 0.3 is 0 Å². The van der Waals surface area contributed by atoms with Crippen molar-refractivity contribution in [3.8, 4) is 5.75 Å². The summed E-state index contributed by atoms with van der Waals surface area (Å²) < 4.78 is 47.6. The molecule has 0 spiro atoms. The maximum Gasteiger partial charge on any atom is 0.264 e. The molecule has 11 heteroatoms. The number of anilines is 1. The van der Waals surface area contributed by atoms with Crippen molar-refractivity contribution in [3.63, 3.8) is 0 Å². The number of carbonyl (C=O) groups excluding carboxylic acids is 2. The van der Waals surface area contributed by atoms with Crippen LogP contribution in [0.15, 0.2) is 77.7 Å². The molecule has 0 aliphatic heterocycles. The second kappa shape index (κ2) is 14.1. The van der Waals surface area contributed by atoms with Crippen molar-refractivity contribution in [2.24, 2.45) is 0 Å². The minimum absolute atomic E-state index is 0.0106. The lowest BCUT2D eigenvalue weighted by molar-refractivity contribution is -0.140. The molecule has 40 heavy (non-hydrogen) atoms. The lowest BCUT2D eigenvalue weighted by Gasteiger charge is -2.33. The fourth-order valence-corrected chi connectivity index (χ4v) is 5.70. The summed E-state index contributed by atoms with van der Waals surface area (Å²) in [5.41, 5.74) is 0.731. The maximum atomic E-state index is 14.0. The normalized spacial score (nSPS) is 11.9. The quantitative estimate of drug-likeness (QED) is 0.302. The van der Waals surface area contributed by atoms with Crippen molar-refractivity contribution in [2.45, 2.75) is 44.2 Å². The molecule has 3 aromatic carbocycles. The Morgan fingerprint density at radius 3 is 2.27 bits per heavy atom. The molecule has 1 atom stereocenters. The van der Waals surface area contributed by atoms with Crippen molar-refractivity contribution < 1.29 is 27.1 Å². The van der Waals surface area contributed by atoms with Crippen molar-refractivity contribution in [1.82, 2.24) is 10.2 Å². The summed E-state index contributed by atoms with van der Waals surface area (Å²) in [6.45, 7) is 3.53. The number of methoxy groups -OCH3 is 1. The second-order valence-corrected chi connectivity index (χ2v) is 11.3. The molecule has 0 saturated heterocycles. The highest BCUT2D eigenvalue weighted by Gasteiger charge is 2.33. The van der Waals surface area contributed by atoms with E-state index in [0.29, 0.717) is 25.1 Å². The van der Waals surface area contributed by atoms with Crippen LogP contribution < -0.4 is 14.4 Å². The van der Waals surface area contributed by atoms with Crippen LogP contribution in [-0.4, -0.2) is 51.4 Å². The van der Waals surface area contributed by atoms with E-state index in [0.717, 1.165) is 22.0 Å². The van der Waals surface area contributed by atoms with Crippen LogP contribution in [0.4, 0.5) is 10.1 Å². The Labute approximate surface area is 239 Å². The Morgan fingerprint density at radius 1 is 1.02 bits per heavy atom. The summed E-state index contributed by atoms with van der Waals surface area (Å²) >= 11 is 5.99. The van der Waals surface area contributed by atoms with Crippen LogP contribution in [0.25, 0.3) is 0 Å². The fraction of sp³-hybridized carbons (Fsp3) is 0.310. The molecule has 214 valence electrons. The maximum absolute atomic E-state index is 14.0. The fourth-order valence-electron chi connectivity index (χ4n) is 4.10. The van der Waals surface area contributed by atoms with E-state index in [9.17, 15) is 22.4 Å². The number of halogens is 2. The zero-order valence-corrected chi connectivity index (χ0v) is 24.2. The van der Waals surface area contributed by atoms with Gasteiger partial charge in [0.25, 0.3) is 10.0 Å². The van der Waals surface area contributed by atoms with Crippen molar-refractivity contribution in [1.29, 1.82) is 0 Å². The van der Waals surface area contributed by atoms with Gasteiger partial charge in [0.15, 0.2) is 0 Å². The van der Waals surface area contributed by atoms with Crippen LogP contribution in [0.3, 0.4) is 0 Å². The van der Waals surface area contributed by atoms with Crippen molar-refractivity contribution >= 4 is 39.1 Å². The first kappa shape index (κ1) is 30.9. The minimum Gasteiger partial charge on any atom is -0.497 e. The largest absolute Gasteiger partial charge is 0.497 e. The highest BCUT2D eigenvalue weighted by Crippen LogP contribution is 2.28. The molecule has 0 aromatic heterocycles. The third-order valence-corrected chi connectivity index (χ3v) is 8.33. The zero-order valence-electron chi connectivity index (χ0n) is 22.6. The predicted octanol–water partition coefficient (Wildman–Crippen LogP) is 5.02. The monoisotopic (exact) mass is 589 g/mol. The smallest absolute Gasteiger partial charge is 0.264 e. The minimum atomic E-state index is -4.27. The summed E-state index contributed by atoms with van der Waals surface area (Å²) in [7, 11) is -2.73. The molecule has 1 unspecified atom stereocenters. The molecule has 8 nitrogen and oxygen atoms in total. The highest BCUT2D eigenvalue weighted by atomic mass is 35.5. The average molecular weight is 590 g/mol. The average Bonchev–Trinajstić information content (AvgIpc) is 2.96. The first-order chi connectivity index (χ1) is 19.1. The van der Waals surface area contributed by atoms with E-state index in [1.54, 1.807) is 56.5 Å². The molecular weight excluding hydrogens is 557 g/mol. The number of rotatable bonds is 13. The van der Waals surface area contributed by atoms with Gasteiger partial charge in [-0.3, -0.25) is 13.9 Å². The Hall–Kier alpha value is -3.63. The topological polar surface area (TPSA) is 96.0 Å². The standard InChI is InChI=1S/C29H33ClFN3O5S/c1-4-17-32-29(36)27(5-2)33(19-21-11-14-23(39-3)15-12-21)28(35)20-34(22-13-16-26(31)25(30)18-22)40(37,38)24-9-7-6-8-10-24/h6-16,18,27H,4-5,17,19-20H2,1-3H3,(H,32,36). The van der Waals surface area contributed by atoms with Crippen LogP contribution in [-0.2, 0) is 26.2 Å². The van der Waals surface area contributed by atoms with Gasteiger partial charge in [-0.1, -0.05) is 55.8 Å². The second-order valence-electron chi connectivity index (χ2n) is 9.01. The molecule has 0 aliphatic rings. The first-order valence-corrected chi connectivity index (χ1v) is 14.7. The van der Waals surface area contributed by atoms with Gasteiger partial charge in [0.1, 0.15) is 24.2 Å². The summed E-state index contributed by atoms with van der Waals surface area (Å²) in [5, 5.41) is 2.54. The molecule has 2 amide bonds. The molecule has 0 saturated carbocycles. The molecule has 1 N–H and O–H groups in total. The van der Waals surface area contributed by atoms with Gasteiger partial charge in [0.2, 0.25) is 11.8 Å². The summed E-state index contributed by atoms with van der Waals surface area (Å²) in [4.78, 5) is 28.4. The van der Waals surface area contributed by atoms with Crippen molar-refractivity contribution in [3.05, 3.63) is 89.2 Å². The SMILES string of the molecule is CCCNC(=O)C(CC)N(Cc1ccc(OC)cc1)C(=O)CN(c1ccc(F)c(Cl)c1)S(=O)(=O)c1ccccc1. The lowest BCUT2D eigenvalue weighted by Crippen LogP contribution is -2.52. The van der Waals surface area contributed by atoms with Crippen LogP contribution in [0, 0.1) is 5.82 Å². The van der Waals surface area contributed by atoms with Gasteiger partial charge in [-0.2, -0.15) is 0 Å². The summed E-state index contributed by atoms with van der Waals surface area (Å²) in [6, 6.07) is 17.2. The van der Waals surface area contributed by atoms with Gasteiger partial charge in [0, 0.05) is 13.1 Å². The number of hydrogen-bond acceptors (Lipinski definition) is 5. The summed E-state index contributed by atoms with van der Waals surface area (Å²) in [6.07, 6.45) is 1.01. The first-order valence-electron chi connectivity index (χ1n) is 12.8. The third kappa shape index (κ3) is 7.51. The number of benzene rings is 3. The van der Waals surface area contributed by atoms with Crippen LogP contribution in [0.1, 0.15) is 32.3 Å². The van der Waals surface area contributed by atoms with Crippen molar-refractivity contribution in [2.75, 3.05) is 24.5 Å². The third-order valence-electron chi connectivity index (χ3n) is 6.25. The van der Waals surface area contributed by atoms with Crippen LogP contribution in [0.2, 0.25) is 5.02 Å². The van der Waals surface area contributed by atoms with E-state index in [4.69, 9.17) is 16.3 Å². The van der Waals surface area contributed by atoms with Crippen LogP contribution in [0.5, 0.6) is 5.75 Å². The van der Waals surface area contributed by atoms with Gasteiger partial charge in [-0.15, -0.1) is 0 Å². The van der Waals surface area contributed by atoms with E-state index >= 15 is 0 Å². The van der Waals surface area contributed by atoms with E-state index in [-0.39, 0.29) is 28.1 Å². The Bertz CT molecular complexity index is 1400. The molecule has 0 bridgehead atoms. The molecule has 3 rings (SSSR count). The van der Waals surface area contributed by atoms with E-state index in [1.165, 1.54) is 23.1 Å².